The largest absolute Gasteiger partial charge is 0.487 e. The zero-order valence-electron chi connectivity index (χ0n) is 16.5. The molecule has 1 saturated heterocycles. The van der Waals surface area contributed by atoms with E-state index >= 15 is 0 Å². The third-order valence-corrected chi connectivity index (χ3v) is 7.93. The number of carbonyl (C=O) groups excluding carboxylic acids is 1. The highest BCUT2D eigenvalue weighted by Crippen LogP contribution is 2.37. The maximum absolute atomic E-state index is 12.5. The average molecular weight is 695 g/mol. The molecule has 1 fully saturated rings. The Morgan fingerprint density at radius 3 is 2.61 bits per heavy atom. The minimum atomic E-state index is -0.234. The topological polar surface area (TPSA) is 50.7 Å². The van der Waals surface area contributed by atoms with E-state index in [1.54, 1.807) is 24.3 Å². The summed E-state index contributed by atoms with van der Waals surface area (Å²) < 4.78 is 7.67. The van der Waals surface area contributed by atoms with Crippen LogP contribution in [0.25, 0.3) is 6.08 Å². The van der Waals surface area contributed by atoms with Crippen LogP contribution >= 0.6 is 85.1 Å². The van der Waals surface area contributed by atoms with Gasteiger partial charge in [0.2, 0.25) is 0 Å². The summed E-state index contributed by atoms with van der Waals surface area (Å²) in [6, 6.07) is 16.6. The number of halogens is 5. The monoisotopic (exact) mass is 692 g/mol. The molecule has 33 heavy (non-hydrogen) atoms. The summed E-state index contributed by atoms with van der Waals surface area (Å²) >= 11 is 25.5. The first-order valence-corrected chi connectivity index (χ1v) is 13.2. The third-order valence-electron chi connectivity index (χ3n) is 4.45. The van der Waals surface area contributed by atoms with Crippen LogP contribution < -0.4 is 10.1 Å². The minimum Gasteiger partial charge on any atom is -0.487 e. The van der Waals surface area contributed by atoms with Crippen molar-refractivity contribution in [3.63, 3.8) is 0 Å². The number of amides is 1. The Morgan fingerprint density at radius 2 is 1.85 bits per heavy atom. The molecule has 1 aliphatic rings. The van der Waals surface area contributed by atoms with Crippen LogP contribution in [0.1, 0.15) is 11.1 Å². The number of benzene rings is 3. The number of hydrogen-bond donors (Lipinski definition) is 1. The van der Waals surface area contributed by atoms with Gasteiger partial charge in [0.1, 0.15) is 12.4 Å². The van der Waals surface area contributed by atoms with Gasteiger partial charge < -0.3 is 10.1 Å². The summed E-state index contributed by atoms with van der Waals surface area (Å²) in [4.78, 5) is 17.4. The van der Waals surface area contributed by atoms with Crippen molar-refractivity contribution in [2.24, 2.45) is 4.99 Å². The second-order valence-corrected chi connectivity index (χ2v) is 11.0. The highest BCUT2D eigenvalue weighted by atomic mass is 127. The first-order chi connectivity index (χ1) is 15.8. The van der Waals surface area contributed by atoms with E-state index in [9.17, 15) is 4.79 Å². The molecule has 168 valence electrons. The van der Waals surface area contributed by atoms with Gasteiger partial charge in [-0.05, 0) is 92.3 Å². The van der Waals surface area contributed by atoms with Crippen LogP contribution in [0.3, 0.4) is 0 Å². The fourth-order valence-corrected chi connectivity index (χ4v) is 6.02. The lowest BCUT2D eigenvalue weighted by Gasteiger charge is -2.12. The van der Waals surface area contributed by atoms with Crippen molar-refractivity contribution in [3.8, 4) is 5.75 Å². The number of nitrogens with one attached hydrogen (secondary N) is 1. The van der Waals surface area contributed by atoms with Gasteiger partial charge in [-0.1, -0.05) is 59.1 Å². The lowest BCUT2D eigenvalue weighted by atomic mass is 10.2. The second kappa shape index (κ2) is 11.0. The molecule has 0 aromatic heterocycles. The molecule has 3 aromatic rings. The first kappa shape index (κ1) is 24.9. The first-order valence-electron chi connectivity index (χ1n) is 9.40. The molecule has 1 aliphatic heterocycles. The van der Waals surface area contributed by atoms with Gasteiger partial charge in [-0.3, -0.25) is 4.79 Å². The van der Waals surface area contributed by atoms with Crippen molar-refractivity contribution >= 4 is 108 Å². The van der Waals surface area contributed by atoms with E-state index < -0.39 is 0 Å². The summed E-state index contributed by atoms with van der Waals surface area (Å²) in [5, 5.41) is 4.59. The zero-order valence-corrected chi connectivity index (χ0v) is 23.4. The number of thioether (sulfide) groups is 1. The molecule has 1 N–H and O–H groups in total. The van der Waals surface area contributed by atoms with Crippen LogP contribution in [-0.4, -0.2) is 11.1 Å². The fraction of sp³-hybridized carbons (Fsp3) is 0.0435. The molecule has 0 saturated carbocycles. The molecule has 4 rings (SSSR count). The minimum absolute atomic E-state index is 0.234. The summed E-state index contributed by atoms with van der Waals surface area (Å²) in [5.41, 5.74) is 2.24. The predicted octanol–water partition coefficient (Wildman–Crippen LogP) is 8.48. The number of rotatable bonds is 5. The average Bonchev–Trinajstić information content (AvgIpc) is 3.10. The Balaban J connectivity index is 1.53. The van der Waals surface area contributed by atoms with Gasteiger partial charge in [-0.25, -0.2) is 4.99 Å². The van der Waals surface area contributed by atoms with Gasteiger partial charge in [0.25, 0.3) is 5.91 Å². The van der Waals surface area contributed by atoms with Crippen LogP contribution in [0.2, 0.25) is 15.1 Å². The molecule has 0 spiro atoms. The van der Waals surface area contributed by atoms with Crippen molar-refractivity contribution in [1.29, 1.82) is 0 Å². The molecule has 1 heterocycles. The highest BCUT2D eigenvalue weighted by molar-refractivity contribution is 14.1. The van der Waals surface area contributed by atoms with Gasteiger partial charge in [0.15, 0.2) is 5.17 Å². The quantitative estimate of drug-likeness (QED) is 0.215. The fourth-order valence-electron chi connectivity index (χ4n) is 2.89. The van der Waals surface area contributed by atoms with Gasteiger partial charge in [0, 0.05) is 10.6 Å². The van der Waals surface area contributed by atoms with Crippen molar-refractivity contribution in [2.75, 3.05) is 0 Å². The smallest absolute Gasteiger partial charge is 0.264 e. The number of carbonyl (C=O) groups is 1. The number of ether oxygens (including phenoxy) is 1. The molecule has 0 unspecified atom stereocenters. The van der Waals surface area contributed by atoms with Crippen LogP contribution in [0, 0.1) is 3.57 Å². The van der Waals surface area contributed by atoms with E-state index in [1.807, 2.05) is 36.4 Å². The molecule has 10 heteroatoms. The number of aliphatic imine (C=N–C) groups is 1. The molecule has 0 atom stereocenters. The van der Waals surface area contributed by atoms with Gasteiger partial charge in [-0.2, -0.15) is 0 Å². The van der Waals surface area contributed by atoms with Gasteiger partial charge in [0.05, 0.1) is 28.7 Å². The lowest BCUT2D eigenvalue weighted by Crippen LogP contribution is -2.19. The van der Waals surface area contributed by atoms with E-state index in [1.165, 1.54) is 11.8 Å². The summed E-state index contributed by atoms with van der Waals surface area (Å²) in [5.74, 6) is 0.473. The third kappa shape index (κ3) is 6.07. The molecule has 1 amide bonds. The van der Waals surface area contributed by atoms with Crippen molar-refractivity contribution < 1.29 is 9.53 Å². The standard InChI is InChI=1S/C23H13BrCl3IN2O2S/c24-14-8-12(9-17(28)21(14)32-11-13-4-1-2-5-15(13)25)10-19-22(31)30-23(33-19)29-18-7-3-6-16(26)20(18)27/h1-10H,11H2,(H,29,30,31)/b19-10-. The van der Waals surface area contributed by atoms with Crippen LogP contribution in [0.15, 0.2) is 69.0 Å². The predicted molar refractivity (Wildman–Crippen MR) is 150 cm³/mol. The maximum atomic E-state index is 12.5. The Hall–Kier alpha value is -1.23. The second-order valence-electron chi connectivity index (χ2n) is 6.75. The van der Waals surface area contributed by atoms with Crippen LogP contribution in [0.5, 0.6) is 5.75 Å². The Kier molecular flexibility index (Phi) is 8.30. The number of hydrogen-bond acceptors (Lipinski definition) is 4. The number of nitrogens with zero attached hydrogens (tertiary/aromatic N) is 1. The summed E-state index contributed by atoms with van der Waals surface area (Å²) in [6.07, 6.45) is 1.80. The molecule has 0 radical (unpaired) electrons. The molecule has 3 aromatic carbocycles. The number of amidine groups is 1. The van der Waals surface area contributed by atoms with E-state index in [4.69, 9.17) is 39.5 Å². The van der Waals surface area contributed by atoms with Crippen LogP contribution in [0.4, 0.5) is 5.69 Å². The highest BCUT2D eigenvalue weighted by Gasteiger charge is 2.24. The lowest BCUT2D eigenvalue weighted by molar-refractivity contribution is -0.115. The van der Waals surface area contributed by atoms with E-state index in [2.05, 4.69) is 48.8 Å². The van der Waals surface area contributed by atoms with Crippen molar-refractivity contribution in [2.45, 2.75) is 6.61 Å². The van der Waals surface area contributed by atoms with E-state index in [-0.39, 0.29) is 5.91 Å². The summed E-state index contributed by atoms with van der Waals surface area (Å²) in [7, 11) is 0. The van der Waals surface area contributed by atoms with E-state index in [0.717, 1.165) is 19.2 Å². The molecule has 0 bridgehead atoms. The Labute approximate surface area is 232 Å². The molecule has 4 nitrogen and oxygen atoms in total. The van der Waals surface area contributed by atoms with Crippen LogP contribution in [-0.2, 0) is 11.4 Å². The van der Waals surface area contributed by atoms with Crippen molar-refractivity contribution in [3.05, 3.63) is 93.7 Å². The molecular weight excluding hydrogens is 681 g/mol. The molecule has 0 aliphatic carbocycles. The van der Waals surface area contributed by atoms with Gasteiger partial charge >= 0.3 is 0 Å². The van der Waals surface area contributed by atoms with Gasteiger partial charge in [-0.15, -0.1) is 0 Å². The molecular formula is C23H13BrCl3IN2O2S. The van der Waals surface area contributed by atoms with Crippen molar-refractivity contribution in [1.82, 2.24) is 5.32 Å². The normalized spacial score (nSPS) is 15.8. The zero-order chi connectivity index (χ0) is 23.5. The SMILES string of the molecule is O=C1NC(=Nc2cccc(Cl)c2Cl)S/C1=C\c1cc(Br)c(OCc2ccccc2Cl)c(I)c1. The summed E-state index contributed by atoms with van der Waals surface area (Å²) in [6.45, 7) is 0.346. The Morgan fingerprint density at radius 1 is 1.09 bits per heavy atom. The van der Waals surface area contributed by atoms with E-state index in [0.29, 0.717) is 43.2 Å². The Bertz CT molecular complexity index is 1290. The maximum Gasteiger partial charge on any atom is 0.264 e.